The molecule has 22 heavy (non-hydrogen) atoms. The molecule has 1 aliphatic rings. The van der Waals surface area contributed by atoms with Gasteiger partial charge >= 0.3 is 7.12 Å². The average Bonchev–Trinajstić information content (AvgIpc) is 3.08. The van der Waals surface area contributed by atoms with Crippen LogP contribution in [0, 0.1) is 0 Å². The van der Waals surface area contributed by atoms with Crippen molar-refractivity contribution in [2.75, 3.05) is 20.3 Å². The zero-order chi connectivity index (χ0) is 15.5. The van der Waals surface area contributed by atoms with Crippen molar-refractivity contribution in [1.82, 2.24) is 4.98 Å². The van der Waals surface area contributed by atoms with E-state index in [2.05, 4.69) is 4.98 Å². The predicted octanol–water partition coefficient (Wildman–Crippen LogP) is 1.97. The number of ether oxygens (including phenoxy) is 1. The molecule has 1 aliphatic heterocycles. The third kappa shape index (κ3) is 2.73. The average molecular weight is 318 g/mol. The summed E-state index contributed by atoms with van der Waals surface area (Å²) in [5.41, 5.74) is 2.50. The van der Waals surface area contributed by atoms with Crippen LogP contribution in [0.4, 0.5) is 0 Å². The fraction of sp³-hybridized carbons (Fsp3) is 0.200. The lowest BCUT2D eigenvalue weighted by atomic mass is 9.78. The number of carbonyl (C=O) groups excluding carboxylic acids is 1. The van der Waals surface area contributed by atoms with E-state index in [1.54, 1.807) is 12.1 Å². The Morgan fingerprint density at radius 2 is 2.05 bits per heavy atom. The summed E-state index contributed by atoms with van der Waals surface area (Å²) in [4.78, 5) is 15.3. The SMILES string of the molecule is COc1nc(-c2cccc(B3OCCO3)c2Cl)ccc1C=O. The molecule has 1 fully saturated rings. The van der Waals surface area contributed by atoms with Crippen LogP contribution in [0.25, 0.3) is 11.3 Å². The first-order valence-electron chi connectivity index (χ1n) is 6.77. The summed E-state index contributed by atoms with van der Waals surface area (Å²) in [5.74, 6) is 0.266. The van der Waals surface area contributed by atoms with Crippen molar-refractivity contribution in [3.63, 3.8) is 0 Å². The molecule has 1 saturated heterocycles. The summed E-state index contributed by atoms with van der Waals surface area (Å²) < 4.78 is 16.1. The molecule has 0 spiro atoms. The van der Waals surface area contributed by atoms with Crippen molar-refractivity contribution in [2.45, 2.75) is 0 Å². The molecule has 7 heteroatoms. The Hall–Kier alpha value is -1.89. The molecule has 5 nitrogen and oxygen atoms in total. The van der Waals surface area contributed by atoms with Crippen molar-refractivity contribution in [3.8, 4) is 17.1 Å². The van der Waals surface area contributed by atoms with Crippen LogP contribution >= 0.6 is 11.6 Å². The van der Waals surface area contributed by atoms with Gasteiger partial charge in [0.1, 0.15) is 0 Å². The highest BCUT2D eigenvalue weighted by molar-refractivity contribution is 6.65. The van der Waals surface area contributed by atoms with Gasteiger partial charge in [0, 0.05) is 16.0 Å². The molecule has 0 amide bonds. The fourth-order valence-corrected chi connectivity index (χ4v) is 2.63. The first kappa shape index (κ1) is 15.0. The van der Waals surface area contributed by atoms with Gasteiger partial charge in [-0.25, -0.2) is 4.98 Å². The molecule has 0 radical (unpaired) electrons. The van der Waals surface area contributed by atoms with Gasteiger partial charge in [0.05, 0.1) is 31.6 Å². The number of pyridine rings is 1. The van der Waals surface area contributed by atoms with Crippen LogP contribution in [-0.4, -0.2) is 38.7 Å². The molecule has 0 saturated carbocycles. The molecule has 3 rings (SSSR count). The van der Waals surface area contributed by atoms with E-state index in [0.29, 0.717) is 35.8 Å². The minimum Gasteiger partial charge on any atom is -0.480 e. The largest absolute Gasteiger partial charge is 0.495 e. The van der Waals surface area contributed by atoms with Gasteiger partial charge < -0.3 is 14.0 Å². The summed E-state index contributed by atoms with van der Waals surface area (Å²) in [6.07, 6.45) is 0.702. The quantitative estimate of drug-likeness (QED) is 0.637. The van der Waals surface area contributed by atoms with Crippen LogP contribution in [-0.2, 0) is 9.31 Å². The van der Waals surface area contributed by atoms with Crippen LogP contribution in [0.1, 0.15) is 10.4 Å². The van der Waals surface area contributed by atoms with E-state index in [0.717, 1.165) is 11.0 Å². The molecule has 2 aromatic rings. The van der Waals surface area contributed by atoms with Gasteiger partial charge in [-0.1, -0.05) is 29.8 Å². The van der Waals surface area contributed by atoms with Crippen LogP contribution in [0.3, 0.4) is 0 Å². The summed E-state index contributed by atoms with van der Waals surface area (Å²) in [7, 11) is 1.01. The van der Waals surface area contributed by atoms with E-state index in [1.165, 1.54) is 7.11 Å². The van der Waals surface area contributed by atoms with Crippen molar-refractivity contribution >= 4 is 30.5 Å². The Bertz CT molecular complexity index is 704. The van der Waals surface area contributed by atoms with Crippen LogP contribution in [0.5, 0.6) is 5.88 Å². The minimum atomic E-state index is -0.455. The number of nitrogens with zero attached hydrogens (tertiary/aromatic N) is 1. The number of halogens is 1. The fourth-order valence-electron chi connectivity index (χ4n) is 2.32. The van der Waals surface area contributed by atoms with Gasteiger partial charge in [0.2, 0.25) is 5.88 Å². The lowest BCUT2D eigenvalue weighted by Crippen LogP contribution is -2.32. The highest BCUT2D eigenvalue weighted by atomic mass is 35.5. The zero-order valence-corrected chi connectivity index (χ0v) is 12.7. The Balaban J connectivity index is 2.04. The molecule has 1 aromatic carbocycles. The van der Waals surface area contributed by atoms with Crippen LogP contribution in [0.2, 0.25) is 5.02 Å². The van der Waals surface area contributed by atoms with E-state index in [-0.39, 0.29) is 5.88 Å². The minimum absolute atomic E-state index is 0.266. The first-order valence-corrected chi connectivity index (χ1v) is 7.14. The lowest BCUT2D eigenvalue weighted by molar-refractivity contribution is 0.112. The zero-order valence-electron chi connectivity index (χ0n) is 11.9. The van der Waals surface area contributed by atoms with Gasteiger partial charge in [-0.2, -0.15) is 0 Å². The molecular weight excluding hydrogens is 304 g/mol. The number of hydrogen-bond acceptors (Lipinski definition) is 5. The van der Waals surface area contributed by atoms with E-state index >= 15 is 0 Å². The highest BCUT2D eigenvalue weighted by Gasteiger charge is 2.29. The number of hydrogen-bond donors (Lipinski definition) is 0. The van der Waals surface area contributed by atoms with Crippen molar-refractivity contribution in [1.29, 1.82) is 0 Å². The molecule has 112 valence electrons. The predicted molar refractivity (Wildman–Crippen MR) is 83.9 cm³/mol. The molecule has 1 aromatic heterocycles. The van der Waals surface area contributed by atoms with Crippen molar-refractivity contribution < 1.29 is 18.8 Å². The Morgan fingerprint density at radius 1 is 1.27 bits per heavy atom. The van der Waals surface area contributed by atoms with Crippen molar-refractivity contribution in [2.24, 2.45) is 0 Å². The molecule has 0 aliphatic carbocycles. The topological polar surface area (TPSA) is 57.6 Å². The number of carbonyl (C=O) groups is 1. The summed E-state index contributed by atoms with van der Waals surface area (Å²) in [5, 5.41) is 0.516. The Kier molecular flexibility index (Phi) is 4.43. The second-order valence-corrected chi connectivity index (χ2v) is 5.07. The number of benzene rings is 1. The van der Waals surface area contributed by atoms with Crippen molar-refractivity contribution in [3.05, 3.63) is 40.9 Å². The number of methoxy groups -OCH3 is 1. The smallest absolute Gasteiger partial charge is 0.480 e. The monoisotopic (exact) mass is 317 g/mol. The standard InChI is InChI=1S/C15H13BClNO4/c1-20-15-10(9-19)5-6-13(18-15)11-3-2-4-12(14(11)17)16-21-7-8-22-16/h2-6,9H,7-8H2,1H3. The molecule has 2 heterocycles. The molecule has 0 N–H and O–H groups in total. The molecular formula is C15H13BClNO4. The summed E-state index contributed by atoms with van der Waals surface area (Å²) in [6, 6.07) is 8.96. The summed E-state index contributed by atoms with van der Waals surface area (Å²) >= 11 is 6.48. The molecule has 0 bridgehead atoms. The maximum Gasteiger partial charge on any atom is 0.495 e. The van der Waals surface area contributed by atoms with E-state index in [4.69, 9.17) is 25.6 Å². The Morgan fingerprint density at radius 3 is 2.73 bits per heavy atom. The first-order chi connectivity index (χ1) is 10.7. The maximum absolute atomic E-state index is 10.9. The number of rotatable bonds is 4. The van der Waals surface area contributed by atoms with Gasteiger partial charge in [0.15, 0.2) is 6.29 Å². The number of aromatic nitrogens is 1. The van der Waals surface area contributed by atoms with Gasteiger partial charge in [0.25, 0.3) is 0 Å². The van der Waals surface area contributed by atoms with E-state index < -0.39 is 7.12 Å². The summed E-state index contributed by atoms with van der Waals surface area (Å²) in [6.45, 7) is 1.09. The number of aldehydes is 1. The van der Waals surface area contributed by atoms with Gasteiger partial charge in [-0.3, -0.25) is 4.79 Å². The van der Waals surface area contributed by atoms with E-state index in [9.17, 15) is 4.79 Å². The van der Waals surface area contributed by atoms with Gasteiger partial charge in [-0.15, -0.1) is 0 Å². The second kappa shape index (κ2) is 6.48. The van der Waals surface area contributed by atoms with Crippen LogP contribution < -0.4 is 10.2 Å². The van der Waals surface area contributed by atoms with E-state index in [1.807, 2.05) is 18.2 Å². The third-order valence-corrected chi connectivity index (χ3v) is 3.81. The van der Waals surface area contributed by atoms with Crippen LogP contribution in [0.15, 0.2) is 30.3 Å². The lowest BCUT2D eigenvalue weighted by Gasteiger charge is -2.12. The highest BCUT2D eigenvalue weighted by Crippen LogP contribution is 2.28. The second-order valence-electron chi connectivity index (χ2n) is 4.70. The molecule has 0 unspecified atom stereocenters. The maximum atomic E-state index is 10.9. The Labute approximate surface area is 133 Å². The third-order valence-electron chi connectivity index (χ3n) is 3.39. The van der Waals surface area contributed by atoms with Gasteiger partial charge in [-0.05, 0) is 12.1 Å². The normalized spacial score (nSPS) is 14.2. The molecule has 0 atom stereocenters.